The Hall–Kier alpha value is -1.55. The standard InChI is InChI=1S/C9H12N4/c1-2-13(10)9-11-7-5-3-4-6-8(7)12-9/h3-6H,2,10H2,1H3,(H,11,12). The lowest BCUT2D eigenvalue weighted by Crippen LogP contribution is -2.31. The molecular formula is C9H12N4. The summed E-state index contributed by atoms with van der Waals surface area (Å²) >= 11 is 0. The predicted octanol–water partition coefficient (Wildman–Crippen LogP) is 1.26. The van der Waals surface area contributed by atoms with Crippen molar-refractivity contribution in [2.75, 3.05) is 11.6 Å². The number of rotatable bonds is 2. The molecule has 0 atom stereocenters. The zero-order chi connectivity index (χ0) is 9.26. The monoisotopic (exact) mass is 176 g/mol. The van der Waals surface area contributed by atoms with Crippen molar-refractivity contribution >= 4 is 17.0 Å². The van der Waals surface area contributed by atoms with Crippen molar-refractivity contribution in [3.05, 3.63) is 24.3 Å². The molecule has 1 aromatic carbocycles. The molecule has 68 valence electrons. The van der Waals surface area contributed by atoms with E-state index in [-0.39, 0.29) is 0 Å². The van der Waals surface area contributed by atoms with Crippen molar-refractivity contribution in [2.45, 2.75) is 6.92 Å². The van der Waals surface area contributed by atoms with Gasteiger partial charge in [0.1, 0.15) is 0 Å². The summed E-state index contributed by atoms with van der Waals surface area (Å²) in [5.74, 6) is 6.41. The smallest absolute Gasteiger partial charge is 0.218 e. The van der Waals surface area contributed by atoms with E-state index in [0.717, 1.165) is 17.6 Å². The number of H-pyrrole nitrogens is 1. The number of imidazole rings is 1. The molecule has 0 aliphatic heterocycles. The van der Waals surface area contributed by atoms with Gasteiger partial charge in [-0.3, -0.25) is 5.01 Å². The van der Waals surface area contributed by atoms with Crippen molar-refractivity contribution in [3.8, 4) is 0 Å². The molecule has 0 aliphatic carbocycles. The third-order valence-corrected chi connectivity index (χ3v) is 1.99. The minimum atomic E-state index is 0.712. The van der Waals surface area contributed by atoms with E-state index in [1.54, 1.807) is 5.01 Å². The van der Waals surface area contributed by atoms with Crippen molar-refractivity contribution in [2.24, 2.45) is 5.84 Å². The molecule has 2 aromatic rings. The summed E-state index contributed by atoms with van der Waals surface area (Å²) in [7, 11) is 0. The summed E-state index contributed by atoms with van der Waals surface area (Å²) in [4.78, 5) is 7.46. The average Bonchev–Trinajstić information content (AvgIpc) is 2.59. The third kappa shape index (κ3) is 1.36. The van der Waals surface area contributed by atoms with Crippen LogP contribution in [0.25, 0.3) is 11.0 Å². The Kier molecular flexibility index (Phi) is 1.90. The molecule has 1 aromatic heterocycles. The fourth-order valence-electron chi connectivity index (χ4n) is 1.23. The van der Waals surface area contributed by atoms with Gasteiger partial charge in [0, 0.05) is 6.54 Å². The molecule has 13 heavy (non-hydrogen) atoms. The first-order chi connectivity index (χ1) is 6.31. The Bertz CT molecular complexity index is 374. The Morgan fingerprint density at radius 1 is 1.46 bits per heavy atom. The van der Waals surface area contributed by atoms with Crippen molar-refractivity contribution in [1.82, 2.24) is 9.97 Å². The van der Waals surface area contributed by atoms with Gasteiger partial charge in [-0.2, -0.15) is 0 Å². The van der Waals surface area contributed by atoms with Crippen LogP contribution in [0.15, 0.2) is 24.3 Å². The van der Waals surface area contributed by atoms with Crippen molar-refractivity contribution in [1.29, 1.82) is 0 Å². The van der Waals surface area contributed by atoms with Crippen LogP contribution < -0.4 is 10.9 Å². The number of nitrogens with one attached hydrogen (secondary N) is 1. The number of fused-ring (bicyclic) bond motifs is 1. The molecule has 0 aliphatic rings. The molecule has 0 fully saturated rings. The van der Waals surface area contributed by atoms with E-state index in [1.165, 1.54) is 0 Å². The summed E-state index contributed by atoms with van der Waals surface area (Å²) in [6.07, 6.45) is 0. The number of nitrogens with two attached hydrogens (primary N) is 1. The normalized spacial score (nSPS) is 10.6. The number of hydrogen-bond acceptors (Lipinski definition) is 3. The number of anilines is 1. The van der Waals surface area contributed by atoms with Crippen LogP contribution >= 0.6 is 0 Å². The van der Waals surface area contributed by atoms with Crippen LogP contribution in [-0.2, 0) is 0 Å². The lowest BCUT2D eigenvalue weighted by Gasteiger charge is -2.10. The van der Waals surface area contributed by atoms with Gasteiger partial charge < -0.3 is 4.98 Å². The van der Waals surface area contributed by atoms with E-state index >= 15 is 0 Å². The molecule has 4 nitrogen and oxygen atoms in total. The Morgan fingerprint density at radius 2 is 2.23 bits per heavy atom. The first kappa shape index (κ1) is 8.07. The van der Waals surface area contributed by atoms with Gasteiger partial charge in [-0.05, 0) is 19.1 Å². The molecule has 0 saturated heterocycles. The van der Waals surface area contributed by atoms with Crippen LogP contribution in [0.3, 0.4) is 0 Å². The fourth-order valence-corrected chi connectivity index (χ4v) is 1.23. The molecule has 1 heterocycles. The molecule has 0 unspecified atom stereocenters. The minimum absolute atomic E-state index is 0.712. The van der Waals surface area contributed by atoms with Gasteiger partial charge in [0.15, 0.2) is 0 Å². The maximum Gasteiger partial charge on any atom is 0.218 e. The second-order valence-electron chi connectivity index (χ2n) is 2.86. The average molecular weight is 176 g/mol. The van der Waals surface area contributed by atoms with Crippen molar-refractivity contribution in [3.63, 3.8) is 0 Å². The van der Waals surface area contributed by atoms with Crippen LogP contribution in [0.5, 0.6) is 0 Å². The summed E-state index contributed by atoms with van der Waals surface area (Å²) in [5, 5.41) is 1.58. The van der Waals surface area contributed by atoms with Crippen LogP contribution in [0, 0.1) is 0 Å². The number of para-hydroxylation sites is 2. The van der Waals surface area contributed by atoms with E-state index < -0.39 is 0 Å². The number of nitrogens with zero attached hydrogens (tertiary/aromatic N) is 2. The predicted molar refractivity (Wildman–Crippen MR) is 53.3 cm³/mol. The maximum atomic E-state index is 5.70. The molecule has 3 N–H and O–H groups in total. The summed E-state index contributed by atoms with van der Waals surface area (Å²) < 4.78 is 0. The SMILES string of the molecule is CCN(N)c1nc2ccccc2[nH]1. The highest BCUT2D eigenvalue weighted by atomic mass is 15.5. The van der Waals surface area contributed by atoms with Gasteiger partial charge in [0.05, 0.1) is 11.0 Å². The minimum Gasteiger partial charge on any atom is -0.323 e. The molecule has 0 amide bonds. The van der Waals surface area contributed by atoms with E-state index in [9.17, 15) is 0 Å². The molecular weight excluding hydrogens is 164 g/mol. The Labute approximate surface area is 76.3 Å². The Morgan fingerprint density at radius 3 is 2.92 bits per heavy atom. The number of hydrazine groups is 1. The molecule has 0 radical (unpaired) electrons. The number of benzene rings is 1. The van der Waals surface area contributed by atoms with E-state index in [0.29, 0.717) is 5.95 Å². The van der Waals surface area contributed by atoms with Gasteiger partial charge in [-0.15, -0.1) is 0 Å². The first-order valence-electron chi connectivity index (χ1n) is 4.28. The van der Waals surface area contributed by atoms with Gasteiger partial charge in [-0.1, -0.05) is 12.1 Å². The number of aromatic nitrogens is 2. The van der Waals surface area contributed by atoms with Crippen molar-refractivity contribution < 1.29 is 0 Å². The maximum absolute atomic E-state index is 5.70. The highest BCUT2D eigenvalue weighted by molar-refractivity contribution is 5.77. The van der Waals surface area contributed by atoms with E-state index in [1.807, 2.05) is 31.2 Å². The van der Waals surface area contributed by atoms with E-state index in [4.69, 9.17) is 5.84 Å². The summed E-state index contributed by atoms with van der Waals surface area (Å²) in [5.41, 5.74) is 1.96. The van der Waals surface area contributed by atoms with Gasteiger partial charge >= 0.3 is 0 Å². The largest absolute Gasteiger partial charge is 0.323 e. The van der Waals surface area contributed by atoms with Gasteiger partial charge in [0.2, 0.25) is 5.95 Å². The molecule has 0 saturated carbocycles. The van der Waals surface area contributed by atoms with Gasteiger partial charge in [0.25, 0.3) is 0 Å². The topological polar surface area (TPSA) is 57.9 Å². The lowest BCUT2D eigenvalue weighted by atomic mass is 10.3. The lowest BCUT2D eigenvalue weighted by molar-refractivity contribution is 0.855. The van der Waals surface area contributed by atoms with Crippen LogP contribution in [0.1, 0.15) is 6.92 Å². The highest BCUT2D eigenvalue weighted by Gasteiger charge is 2.04. The summed E-state index contributed by atoms with van der Waals surface area (Å²) in [6, 6.07) is 7.87. The summed E-state index contributed by atoms with van der Waals surface area (Å²) in [6.45, 7) is 2.72. The molecule has 0 bridgehead atoms. The quantitative estimate of drug-likeness (QED) is 0.535. The molecule has 4 heteroatoms. The first-order valence-corrected chi connectivity index (χ1v) is 4.28. The molecule has 0 spiro atoms. The Balaban J connectivity index is 2.49. The van der Waals surface area contributed by atoms with E-state index in [2.05, 4.69) is 9.97 Å². The number of aromatic amines is 1. The second-order valence-corrected chi connectivity index (χ2v) is 2.86. The third-order valence-electron chi connectivity index (χ3n) is 1.99. The fraction of sp³-hybridized carbons (Fsp3) is 0.222. The highest BCUT2D eigenvalue weighted by Crippen LogP contribution is 2.14. The zero-order valence-electron chi connectivity index (χ0n) is 7.49. The second kappa shape index (κ2) is 3.06. The van der Waals surface area contributed by atoms with Crippen LogP contribution in [0.4, 0.5) is 5.95 Å². The van der Waals surface area contributed by atoms with Crippen LogP contribution in [0.2, 0.25) is 0 Å². The number of hydrogen-bond donors (Lipinski definition) is 2. The molecule has 2 rings (SSSR count). The zero-order valence-corrected chi connectivity index (χ0v) is 7.49. The van der Waals surface area contributed by atoms with Gasteiger partial charge in [-0.25, -0.2) is 10.8 Å². The van der Waals surface area contributed by atoms with Crippen LogP contribution in [-0.4, -0.2) is 16.5 Å².